The highest BCUT2D eigenvalue weighted by atomic mass is 16.3. The zero-order valence-corrected chi connectivity index (χ0v) is 13.2. The third kappa shape index (κ3) is 1.72. The van der Waals surface area contributed by atoms with Crippen molar-refractivity contribution < 1.29 is 9.90 Å². The van der Waals surface area contributed by atoms with E-state index in [1.54, 1.807) is 5.57 Å². The van der Waals surface area contributed by atoms with E-state index >= 15 is 0 Å². The van der Waals surface area contributed by atoms with E-state index in [0.29, 0.717) is 30.1 Å². The number of carbonyl (C=O) groups excluding carboxylic acids is 1. The monoisotopic (exact) mass is 288 g/mol. The number of aliphatic hydroxyl groups excluding tert-OH is 1. The summed E-state index contributed by atoms with van der Waals surface area (Å²) in [5.74, 6) is 2.43. The highest BCUT2D eigenvalue weighted by Crippen LogP contribution is 2.64. The van der Waals surface area contributed by atoms with Gasteiger partial charge in [0.15, 0.2) is 0 Å². The van der Waals surface area contributed by atoms with Crippen LogP contribution in [0.3, 0.4) is 0 Å². The molecule has 5 atom stereocenters. The molecule has 0 unspecified atom stereocenters. The molecule has 4 aliphatic carbocycles. The van der Waals surface area contributed by atoms with Crippen molar-refractivity contribution in [1.82, 2.24) is 0 Å². The van der Waals surface area contributed by atoms with E-state index in [1.807, 2.05) is 0 Å². The van der Waals surface area contributed by atoms with Gasteiger partial charge in [-0.05, 0) is 69.1 Å². The van der Waals surface area contributed by atoms with Gasteiger partial charge in [0.25, 0.3) is 0 Å². The van der Waals surface area contributed by atoms with Crippen LogP contribution in [-0.4, -0.2) is 17.5 Å². The van der Waals surface area contributed by atoms with E-state index in [1.165, 1.54) is 32.1 Å². The maximum absolute atomic E-state index is 12.4. The Morgan fingerprint density at radius 2 is 2.05 bits per heavy atom. The number of aliphatic hydroxyl groups is 1. The Labute approximate surface area is 128 Å². The molecule has 4 aliphatic rings. The molecule has 21 heavy (non-hydrogen) atoms. The normalized spacial score (nSPS) is 49.1. The lowest BCUT2D eigenvalue weighted by Crippen LogP contribution is -2.52. The summed E-state index contributed by atoms with van der Waals surface area (Å²) in [6.07, 6.45) is 12.6. The minimum absolute atomic E-state index is 0.0340. The largest absolute Gasteiger partial charge is 0.395 e. The molecule has 0 aromatic rings. The van der Waals surface area contributed by atoms with Gasteiger partial charge in [-0.15, -0.1) is 0 Å². The molecule has 2 nitrogen and oxygen atoms in total. The lowest BCUT2D eigenvalue weighted by molar-refractivity contribution is -0.133. The zero-order valence-electron chi connectivity index (χ0n) is 13.2. The first-order valence-electron chi connectivity index (χ1n) is 8.95. The first-order chi connectivity index (χ1) is 10.1. The van der Waals surface area contributed by atoms with Crippen molar-refractivity contribution in [3.05, 3.63) is 11.6 Å². The summed E-state index contributed by atoms with van der Waals surface area (Å²) in [4.78, 5) is 12.4. The van der Waals surface area contributed by atoms with Gasteiger partial charge in [0.1, 0.15) is 5.78 Å². The van der Waals surface area contributed by atoms with E-state index in [2.05, 4.69) is 13.0 Å². The summed E-state index contributed by atoms with van der Waals surface area (Å²) >= 11 is 0. The van der Waals surface area contributed by atoms with Crippen molar-refractivity contribution in [2.24, 2.45) is 28.6 Å². The second-order valence-corrected chi connectivity index (χ2v) is 8.27. The second kappa shape index (κ2) is 4.68. The molecule has 2 heteroatoms. The van der Waals surface area contributed by atoms with Crippen molar-refractivity contribution >= 4 is 5.78 Å². The smallest absolute Gasteiger partial charge is 0.139 e. The van der Waals surface area contributed by atoms with Crippen molar-refractivity contribution in [2.75, 3.05) is 6.61 Å². The summed E-state index contributed by atoms with van der Waals surface area (Å²) < 4.78 is 0. The lowest BCUT2D eigenvalue weighted by Gasteiger charge is -2.57. The summed E-state index contributed by atoms with van der Waals surface area (Å²) in [5, 5.41) is 10.3. The SMILES string of the molecule is C[C@]12CC[C@H]3[C@@H](CCC4=CCCC[C@@]43CO)[C@@H]1CCC2=O. The minimum atomic E-state index is -0.0340. The number of hydrogen-bond acceptors (Lipinski definition) is 2. The molecule has 116 valence electrons. The average molecular weight is 288 g/mol. The number of carbonyl (C=O) groups is 1. The molecule has 1 N–H and O–H groups in total. The Kier molecular flexibility index (Phi) is 3.12. The van der Waals surface area contributed by atoms with Gasteiger partial charge in [-0.3, -0.25) is 4.79 Å². The van der Waals surface area contributed by atoms with E-state index in [9.17, 15) is 9.90 Å². The molecule has 3 fully saturated rings. The molecule has 0 heterocycles. The summed E-state index contributed by atoms with van der Waals surface area (Å²) in [5.41, 5.74) is 1.60. The number of Topliss-reactive ketones (excluding diaryl/α,β-unsaturated/α-hetero) is 1. The van der Waals surface area contributed by atoms with Gasteiger partial charge in [-0.2, -0.15) is 0 Å². The first kappa shape index (κ1) is 14.0. The Balaban J connectivity index is 1.72. The molecule has 4 rings (SSSR count). The molecular weight excluding hydrogens is 260 g/mol. The van der Waals surface area contributed by atoms with E-state index < -0.39 is 0 Å². The molecule has 0 radical (unpaired) electrons. The summed E-state index contributed by atoms with van der Waals surface area (Å²) in [6.45, 7) is 2.57. The van der Waals surface area contributed by atoms with Crippen LogP contribution < -0.4 is 0 Å². The number of ketones is 1. The second-order valence-electron chi connectivity index (χ2n) is 8.27. The van der Waals surface area contributed by atoms with Crippen LogP contribution in [0.5, 0.6) is 0 Å². The minimum Gasteiger partial charge on any atom is -0.395 e. The van der Waals surface area contributed by atoms with Crippen LogP contribution in [0.25, 0.3) is 0 Å². The van der Waals surface area contributed by atoms with Gasteiger partial charge in [-0.25, -0.2) is 0 Å². The van der Waals surface area contributed by atoms with Gasteiger partial charge in [0.2, 0.25) is 0 Å². The maximum Gasteiger partial charge on any atom is 0.139 e. The van der Waals surface area contributed by atoms with Gasteiger partial charge in [0, 0.05) is 17.3 Å². The van der Waals surface area contributed by atoms with Crippen LogP contribution in [0.2, 0.25) is 0 Å². The Morgan fingerprint density at radius 1 is 1.19 bits per heavy atom. The lowest BCUT2D eigenvalue weighted by atomic mass is 9.47. The quantitative estimate of drug-likeness (QED) is 0.743. The predicted octanol–water partition coefficient (Wildman–Crippen LogP) is 3.88. The fraction of sp³-hybridized carbons (Fsp3) is 0.842. The summed E-state index contributed by atoms with van der Waals surface area (Å²) in [7, 11) is 0. The fourth-order valence-corrected chi connectivity index (χ4v) is 6.60. The Hall–Kier alpha value is -0.630. The topological polar surface area (TPSA) is 37.3 Å². The fourth-order valence-electron chi connectivity index (χ4n) is 6.60. The molecule has 0 spiro atoms. The Morgan fingerprint density at radius 3 is 2.86 bits per heavy atom. The van der Waals surface area contributed by atoms with Gasteiger partial charge in [-0.1, -0.05) is 18.6 Å². The standard InChI is InChI=1S/C19H28O2/c1-18-11-9-16-14(15(18)7-8-17(18)21)6-5-13-4-2-3-10-19(13,16)12-20/h4,14-16,20H,2-3,5-12H2,1H3/t14-,15-,16-,18-,19+/m0/s1. The van der Waals surface area contributed by atoms with Crippen molar-refractivity contribution in [1.29, 1.82) is 0 Å². The average Bonchev–Trinajstić information content (AvgIpc) is 2.82. The van der Waals surface area contributed by atoms with Gasteiger partial charge in [0.05, 0.1) is 6.61 Å². The van der Waals surface area contributed by atoms with Crippen molar-refractivity contribution in [2.45, 2.75) is 64.7 Å². The number of fused-ring (bicyclic) bond motifs is 5. The number of allylic oxidation sites excluding steroid dienone is 1. The van der Waals surface area contributed by atoms with Gasteiger partial charge < -0.3 is 5.11 Å². The molecule has 0 aliphatic heterocycles. The highest BCUT2D eigenvalue weighted by Gasteiger charge is 2.59. The molecule has 3 saturated carbocycles. The van der Waals surface area contributed by atoms with Crippen LogP contribution in [0.4, 0.5) is 0 Å². The number of rotatable bonds is 1. The molecular formula is C19H28O2. The molecule has 0 aromatic carbocycles. The van der Waals surface area contributed by atoms with E-state index in [-0.39, 0.29) is 10.8 Å². The third-order valence-electron chi connectivity index (χ3n) is 7.74. The molecule has 0 saturated heterocycles. The van der Waals surface area contributed by atoms with Crippen molar-refractivity contribution in [3.63, 3.8) is 0 Å². The van der Waals surface area contributed by atoms with Crippen LogP contribution in [0, 0.1) is 28.6 Å². The summed E-state index contributed by atoms with van der Waals surface area (Å²) in [6, 6.07) is 0. The third-order valence-corrected chi connectivity index (χ3v) is 7.74. The van der Waals surface area contributed by atoms with Crippen molar-refractivity contribution in [3.8, 4) is 0 Å². The highest BCUT2D eigenvalue weighted by molar-refractivity contribution is 5.87. The number of hydrogen-bond donors (Lipinski definition) is 1. The van der Waals surface area contributed by atoms with Crippen LogP contribution >= 0.6 is 0 Å². The van der Waals surface area contributed by atoms with Gasteiger partial charge >= 0.3 is 0 Å². The first-order valence-corrected chi connectivity index (χ1v) is 8.95. The van der Waals surface area contributed by atoms with E-state index in [0.717, 1.165) is 25.7 Å². The van der Waals surface area contributed by atoms with Crippen LogP contribution in [0.1, 0.15) is 64.7 Å². The predicted molar refractivity (Wildman–Crippen MR) is 82.7 cm³/mol. The van der Waals surface area contributed by atoms with Crippen LogP contribution in [-0.2, 0) is 4.79 Å². The molecule has 0 aromatic heterocycles. The van der Waals surface area contributed by atoms with E-state index in [4.69, 9.17) is 0 Å². The zero-order chi connectivity index (χ0) is 14.7. The maximum atomic E-state index is 12.4. The Bertz CT molecular complexity index is 494. The molecule has 0 bridgehead atoms. The molecule has 0 amide bonds. The van der Waals surface area contributed by atoms with Crippen LogP contribution in [0.15, 0.2) is 11.6 Å².